The van der Waals surface area contributed by atoms with Crippen LogP contribution in [0.4, 0.5) is 0 Å². The van der Waals surface area contributed by atoms with Crippen molar-refractivity contribution in [1.29, 1.82) is 0 Å². The minimum absolute atomic E-state index is 0.0215. The van der Waals surface area contributed by atoms with E-state index in [4.69, 9.17) is 55.5 Å². The molecule has 2 aliphatic carbocycles. The van der Waals surface area contributed by atoms with E-state index >= 15 is 0 Å². The van der Waals surface area contributed by atoms with Crippen LogP contribution in [-0.2, 0) is 26.8 Å². The van der Waals surface area contributed by atoms with Crippen molar-refractivity contribution in [3.63, 3.8) is 0 Å². The molecule has 196 valence electrons. The standard InChI is InChI=1S/C26H22Cl4N4O3P/c27-19-3-1-4-20(28)25(19)33-23(17(11-31-33)15-7-8-15)13-36-38(35)37-14-24-18(16-9-10-16)12-32-34(24)26-21(29)5-2-6-22(26)30/h1-6,11-12,15-16H,7-10,13-14H2/q+1. The Bertz CT molecular complexity index is 1380. The van der Waals surface area contributed by atoms with E-state index in [1.54, 1.807) is 58.2 Å². The van der Waals surface area contributed by atoms with E-state index in [2.05, 4.69) is 10.2 Å². The fourth-order valence-corrected chi connectivity index (χ4v) is 6.21. The summed E-state index contributed by atoms with van der Waals surface area (Å²) < 4.78 is 27.7. The van der Waals surface area contributed by atoms with Crippen molar-refractivity contribution in [2.24, 2.45) is 0 Å². The lowest BCUT2D eigenvalue weighted by Gasteiger charge is -2.11. The SMILES string of the molecule is O=[P+](OCc1c(C2CC2)cnn1-c1c(Cl)cccc1Cl)OCc1c(C2CC2)cnn1-c1c(Cl)cccc1Cl. The molecule has 2 aromatic heterocycles. The summed E-state index contributed by atoms with van der Waals surface area (Å²) in [4.78, 5) is 0. The lowest BCUT2D eigenvalue weighted by atomic mass is 10.1. The topological polar surface area (TPSA) is 71.2 Å². The molecule has 38 heavy (non-hydrogen) atoms. The highest BCUT2D eigenvalue weighted by Crippen LogP contribution is 2.45. The smallest absolute Gasteiger partial charge is 0.232 e. The van der Waals surface area contributed by atoms with Crippen LogP contribution < -0.4 is 0 Å². The summed E-state index contributed by atoms with van der Waals surface area (Å²) in [6.45, 7) is 0.0430. The van der Waals surface area contributed by atoms with Crippen LogP contribution in [0.15, 0.2) is 48.8 Å². The summed E-state index contributed by atoms with van der Waals surface area (Å²) in [5.74, 6) is 0.775. The van der Waals surface area contributed by atoms with E-state index in [0.29, 0.717) is 43.3 Å². The Kier molecular flexibility index (Phi) is 7.53. The van der Waals surface area contributed by atoms with Crippen molar-refractivity contribution in [3.8, 4) is 11.4 Å². The van der Waals surface area contributed by atoms with Gasteiger partial charge in [-0.05, 0) is 72.9 Å². The van der Waals surface area contributed by atoms with Gasteiger partial charge >= 0.3 is 8.25 Å². The Labute approximate surface area is 240 Å². The van der Waals surface area contributed by atoms with Crippen LogP contribution in [-0.4, -0.2) is 19.6 Å². The average Bonchev–Trinajstić information content (AvgIpc) is 3.82. The van der Waals surface area contributed by atoms with E-state index in [-0.39, 0.29) is 13.2 Å². The van der Waals surface area contributed by atoms with Gasteiger partial charge in [0.1, 0.15) is 24.6 Å². The van der Waals surface area contributed by atoms with E-state index in [9.17, 15) is 4.57 Å². The number of benzene rings is 2. The number of para-hydroxylation sites is 2. The fraction of sp³-hybridized carbons (Fsp3) is 0.308. The van der Waals surface area contributed by atoms with Gasteiger partial charge in [-0.2, -0.15) is 10.2 Å². The van der Waals surface area contributed by atoms with Gasteiger partial charge in [0, 0.05) is 4.57 Å². The minimum Gasteiger partial charge on any atom is -0.232 e. The second kappa shape index (κ2) is 10.9. The number of hydrogen-bond acceptors (Lipinski definition) is 5. The molecule has 0 atom stereocenters. The summed E-state index contributed by atoms with van der Waals surface area (Å²) in [5, 5.41) is 10.9. The maximum absolute atomic E-state index is 12.9. The van der Waals surface area contributed by atoms with Gasteiger partial charge in [0.2, 0.25) is 0 Å². The van der Waals surface area contributed by atoms with Gasteiger partial charge in [-0.3, -0.25) is 0 Å². The first-order valence-corrected chi connectivity index (χ1v) is 14.8. The molecule has 2 heterocycles. The molecule has 7 nitrogen and oxygen atoms in total. The summed E-state index contributed by atoms with van der Waals surface area (Å²) in [6.07, 6.45) is 7.87. The highest BCUT2D eigenvalue weighted by molar-refractivity contribution is 7.33. The molecule has 0 amide bonds. The van der Waals surface area contributed by atoms with Crippen LogP contribution in [0.3, 0.4) is 0 Å². The maximum Gasteiger partial charge on any atom is 0.698 e. The quantitative estimate of drug-likeness (QED) is 0.168. The summed E-state index contributed by atoms with van der Waals surface area (Å²) in [6, 6.07) is 10.6. The fourth-order valence-electron chi connectivity index (χ4n) is 4.57. The number of hydrogen-bond donors (Lipinski definition) is 0. The Morgan fingerprint density at radius 1 is 0.711 bits per heavy atom. The van der Waals surface area contributed by atoms with Crippen LogP contribution in [0.5, 0.6) is 0 Å². The molecular formula is C26H22Cl4N4O3P+. The lowest BCUT2D eigenvalue weighted by Crippen LogP contribution is -2.07. The summed E-state index contributed by atoms with van der Waals surface area (Å²) in [5.41, 5.74) is 4.69. The van der Waals surface area contributed by atoms with Crippen molar-refractivity contribution >= 4 is 54.7 Å². The molecule has 0 saturated heterocycles. The molecule has 6 rings (SSSR count). The maximum atomic E-state index is 12.9. The van der Waals surface area contributed by atoms with Gasteiger partial charge in [-0.1, -0.05) is 58.5 Å². The van der Waals surface area contributed by atoms with Gasteiger partial charge in [-0.25, -0.2) is 9.36 Å². The molecule has 0 spiro atoms. The normalized spacial score (nSPS) is 15.3. The zero-order valence-electron chi connectivity index (χ0n) is 20.0. The highest BCUT2D eigenvalue weighted by atomic mass is 35.5. The third-order valence-electron chi connectivity index (χ3n) is 6.75. The average molecular weight is 611 g/mol. The van der Waals surface area contributed by atoms with Crippen LogP contribution in [0, 0.1) is 0 Å². The Morgan fingerprint density at radius 3 is 1.42 bits per heavy atom. The second-order valence-corrected chi connectivity index (χ2v) is 12.0. The highest BCUT2D eigenvalue weighted by Gasteiger charge is 2.34. The van der Waals surface area contributed by atoms with E-state index < -0.39 is 8.25 Å². The van der Waals surface area contributed by atoms with Crippen molar-refractivity contribution < 1.29 is 13.6 Å². The Morgan fingerprint density at radius 2 is 1.08 bits per heavy atom. The molecule has 0 bridgehead atoms. The van der Waals surface area contributed by atoms with Crippen LogP contribution in [0.1, 0.15) is 60.0 Å². The predicted octanol–water partition coefficient (Wildman–Crippen LogP) is 8.82. The first-order chi connectivity index (χ1) is 18.4. The Balaban J connectivity index is 1.21. The Hall–Kier alpha value is -1.96. The first-order valence-electron chi connectivity index (χ1n) is 12.2. The lowest BCUT2D eigenvalue weighted by molar-refractivity contribution is 0.206. The van der Waals surface area contributed by atoms with Gasteiger partial charge < -0.3 is 0 Å². The molecule has 2 aliphatic rings. The van der Waals surface area contributed by atoms with Gasteiger partial charge in [0.25, 0.3) is 0 Å². The molecule has 0 aliphatic heterocycles. The van der Waals surface area contributed by atoms with E-state index in [0.717, 1.165) is 48.2 Å². The number of nitrogens with zero attached hydrogens (tertiary/aromatic N) is 4. The van der Waals surface area contributed by atoms with Crippen molar-refractivity contribution in [3.05, 3.63) is 91.4 Å². The zero-order chi connectivity index (χ0) is 26.4. The number of halogens is 4. The van der Waals surface area contributed by atoms with Gasteiger partial charge in [0.15, 0.2) is 0 Å². The largest absolute Gasteiger partial charge is 0.698 e. The third-order valence-corrected chi connectivity index (χ3v) is 8.65. The van der Waals surface area contributed by atoms with Crippen LogP contribution in [0.25, 0.3) is 11.4 Å². The molecule has 0 N–H and O–H groups in total. The molecule has 4 aromatic rings. The van der Waals surface area contributed by atoms with Crippen molar-refractivity contribution in [1.82, 2.24) is 19.6 Å². The second-order valence-electron chi connectivity index (χ2n) is 9.38. The van der Waals surface area contributed by atoms with Gasteiger partial charge in [-0.15, -0.1) is 9.05 Å². The molecule has 0 radical (unpaired) electrons. The van der Waals surface area contributed by atoms with Crippen LogP contribution >= 0.6 is 54.7 Å². The van der Waals surface area contributed by atoms with E-state index in [1.807, 2.05) is 0 Å². The molecule has 2 saturated carbocycles. The molecular weight excluding hydrogens is 589 g/mol. The predicted molar refractivity (Wildman–Crippen MR) is 148 cm³/mol. The minimum atomic E-state index is -2.47. The van der Waals surface area contributed by atoms with Crippen molar-refractivity contribution in [2.75, 3.05) is 0 Å². The molecule has 2 fully saturated rings. The summed E-state index contributed by atoms with van der Waals surface area (Å²) in [7, 11) is -2.47. The van der Waals surface area contributed by atoms with Crippen LogP contribution in [0.2, 0.25) is 20.1 Å². The molecule has 12 heteroatoms. The zero-order valence-corrected chi connectivity index (χ0v) is 23.9. The first kappa shape index (κ1) is 26.3. The van der Waals surface area contributed by atoms with E-state index in [1.165, 1.54) is 0 Å². The summed E-state index contributed by atoms with van der Waals surface area (Å²) >= 11 is 25.8. The molecule has 2 aromatic carbocycles. The van der Waals surface area contributed by atoms with Gasteiger partial charge in [0.05, 0.1) is 43.9 Å². The van der Waals surface area contributed by atoms with Crippen molar-refractivity contribution in [2.45, 2.75) is 50.7 Å². The third kappa shape index (κ3) is 5.26. The monoisotopic (exact) mass is 609 g/mol. The molecule has 0 unspecified atom stereocenters. The number of aromatic nitrogens is 4. The number of rotatable bonds is 10.